The van der Waals surface area contributed by atoms with Crippen LogP contribution in [0.1, 0.15) is 58.3 Å². The molecule has 0 aromatic heterocycles. The van der Waals surface area contributed by atoms with E-state index in [9.17, 15) is 9.59 Å². The summed E-state index contributed by atoms with van der Waals surface area (Å²) in [5, 5.41) is 5.10. The van der Waals surface area contributed by atoms with E-state index >= 15 is 0 Å². The molecule has 0 aliphatic carbocycles. The molecule has 5 heteroatoms. The molecule has 0 radical (unpaired) electrons. The molecule has 0 spiro atoms. The first-order chi connectivity index (χ1) is 8.65. The summed E-state index contributed by atoms with van der Waals surface area (Å²) < 4.78 is 0. The van der Waals surface area contributed by atoms with Gasteiger partial charge < -0.3 is 10.6 Å². The predicted octanol–water partition coefficient (Wildman–Crippen LogP) is 2.27. The zero-order valence-corrected chi connectivity index (χ0v) is 11.8. The highest BCUT2D eigenvalue weighted by molar-refractivity contribution is 7.80. The molecule has 1 heterocycles. The average Bonchev–Trinajstić information content (AvgIpc) is 2.30. The van der Waals surface area contributed by atoms with Crippen LogP contribution >= 0.6 is 12.2 Å². The molecule has 0 bridgehead atoms. The summed E-state index contributed by atoms with van der Waals surface area (Å²) in [6, 6.07) is 0. The van der Waals surface area contributed by atoms with Crippen molar-refractivity contribution < 1.29 is 9.59 Å². The van der Waals surface area contributed by atoms with Gasteiger partial charge in [-0.3, -0.25) is 9.59 Å². The molecule has 1 fully saturated rings. The second-order valence-corrected chi connectivity index (χ2v) is 5.18. The van der Waals surface area contributed by atoms with Crippen LogP contribution in [-0.2, 0) is 9.59 Å². The van der Waals surface area contributed by atoms with Gasteiger partial charge in [0.2, 0.25) is 11.8 Å². The maximum absolute atomic E-state index is 11.6. The van der Waals surface area contributed by atoms with Gasteiger partial charge in [-0.1, -0.05) is 51.9 Å². The molecule has 102 valence electrons. The summed E-state index contributed by atoms with van der Waals surface area (Å²) in [6.07, 6.45) is 8.90. The van der Waals surface area contributed by atoms with E-state index in [1.807, 2.05) is 0 Å². The number of hydrogen-bond acceptors (Lipinski definition) is 3. The van der Waals surface area contributed by atoms with Crippen LogP contribution in [-0.4, -0.2) is 16.9 Å². The topological polar surface area (TPSA) is 58.2 Å². The van der Waals surface area contributed by atoms with Crippen molar-refractivity contribution in [1.29, 1.82) is 0 Å². The Morgan fingerprint density at radius 1 is 0.944 bits per heavy atom. The van der Waals surface area contributed by atoms with Crippen LogP contribution in [0.2, 0.25) is 0 Å². The van der Waals surface area contributed by atoms with E-state index in [2.05, 4.69) is 17.6 Å². The van der Waals surface area contributed by atoms with Crippen LogP contribution in [0.25, 0.3) is 0 Å². The Balaban J connectivity index is 2.13. The van der Waals surface area contributed by atoms with E-state index in [4.69, 9.17) is 12.2 Å². The standard InChI is InChI=1S/C13H22N2O2S/c1-2-3-4-5-6-7-8-9-10-11(16)14-13(18)15-12(10)17/h10H,2-9H2,1H3,(H2,14,15,16,17,18). The van der Waals surface area contributed by atoms with E-state index in [-0.39, 0.29) is 16.9 Å². The largest absolute Gasteiger partial charge is 0.302 e. The van der Waals surface area contributed by atoms with Crippen molar-refractivity contribution in [2.45, 2.75) is 58.3 Å². The Labute approximate surface area is 114 Å². The zero-order chi connectivity index (χ0) is 13.4. The highest BCUT2D eigenvalue weighted by atomic mass is 32.1. The molecule has 1 rings (SSSR count). The van der Waals surface area contributed by atoms with Crippen molar-refractivity contribution in [3.05, 3.63) is 0 Å². The number of rotatable bonds is 8. The first-order valence-electron chi connectivity index (χ1n) is 6.81. The van der Waals surface area contributed by atoms with Crippen molar-refractivity contribution >= 4 is 29.1 Å². The van der Waals surface area contributed by atoms with Crippen LogP contribution in [0.4, 0.5) is 0 Å². The van der Waals surface area contributed by atoms with Gasteiger partial charge in [-0.2, -0.15) is 0 Å². The number of thiocarbonyl (C=S) groups is 1. The minimum absolute atomic E-state index is 0.126. The molecule has 2 N–H and O–H groups in total. The van der Waals surface area contributed by atoms with E-state index < -0.39 is 5.92 Å². The van der Waals surface area contributed by atoms with Crippen LogP contribution in [0.15, 0.2) is 0 Å². The molecule has 18 heavy (non-hydrogen) atoms. The van der Waals surface area contributed by atoms with Gasteiger partial charge in [0.05, 0.1) is 0 Å². The van der Waals surface area contributed by atoms with Crippen LogP contribution in [0, 0.1) is 5.92 Å². The average molecular weight is 270 g/mol. The number of nitrogens with one attached hydrogen (secondary N) is 2. The smallest absolute Gasteiger partial charge is 0.238 e. The number of hydrogen-bond donors (Lipinski definition) is 2. The minimum atomic E-state index is -0.563. The molecule has 0 unspecified atom stereocenters. The number of amides is 2. The minimum Gasteiger partial charge on any atom is -0.302 e. The second kappa shape index (κ2) is 8.19. The highest BCUT2D eigenvalue weighted by Crippen LogP contribution is 2.14. The Morgan fingerprint density at radius 2 is 1.44 bits per heavy atom. The lowest BCUT2D eigenvalue weighted by molar-refractivity contribution is -0.135. The van der Waals surface area contributed by atoms with Gasteiger partial charge >= 0.3 is 0 Å². The Kier molecular flexibility index (Phi) is 6.86. The van der Waals surface area contributed by atoms with E-state index in [0.717, 1.165) is 12.8 Å². The molecule has 4 nitrogen and oxygen atoms in total. The Morgan fingerprint density at radius 3 is 2.00 bits per heavy atom. The molecule has 0 aromatic rings. The van der Waals surface area contributed by atoms with Gasteiger partial charge in [0.1, 0.15) is 5.92 Å². The van der Waals surface area contributed by atoms with Gasteiger partial charge in [0.25, 0.3) is 0 Å². The molecule has 1 aliphatic rings. The van der Waals surface area contributed by atoms with Gasteiger partial charge in [-0.15, -0.1) is 0 Å². The number of unbranched alkanes of at least 4 members (excludes halogenated alkanes) is 6. The van der Waals surface area contributed by atoms with Crippen molar-refractivity contribution in [2.75, 3.05) is 0 Å². The maximum Gasteiger partial charge on any atom is 0.238 e. The fraction of sp³-hybridized carbons (Fsp3) is 0.769. The van der Waals surface area contributed by atoms with Gasteiger partial charge in [-0.05, 0) is 18.6 Å². The lowest BCUT2D eigenvalue weighted by Gasteiger charge is -2.22. The fourth-order valence-corrected chi connectivity index (χ4v) is 2.32. The molecular formula is C13H22N2O2S. The van der Waals surface area contributed by atoms with Crippen LogP contribution < -0.4 is 10.6 Å². The summed E-state index contributed by atoms with van der Waals surface area (Å²) in [6.45, 7) is 2.20. The quantitative estimate of drug-likeness (QED) is 0.404. The van der Waals surface area contributed by atoms with E-state index in [1.165, 1.54) is 32.1 Å². The normalized spacial score (nSPS) is 16.6. The van der Waals surface area contributed by atoms with Crippen LogP contribution in [0.5, 0.6) is 0 Å². The zero-order valence-electron chi connectivity index (χ0n) is 11.0. The van der Waals surface area contributed by atoms with Crippen molar-refractivity contribution in [3.8, 4) is 0 Å². The van der Waals surface area contributed by atoms with Crippen LogP contribution in [0.3, 0.4) is 0 Å². The molecule has 1 saturated heterocycles. The molecule has 0 aromatic carbocycles. The molecular weight excluding hydrogens is 248 g/mol. The Hall–Kier alpha value is -0.970. The molecule has 1 aliphatic heterocycles. The van der Waals surface area contributed by atoms with Gasteiger partial charge in [-0.25, -0.2) is 0 Å². The van der Waals surface area contributed by atoms with E-state index in [1.54, 1.807) is 0 Å². The lowest BCUT2D eigenvalue weighted by Crippen LogP contribution is -2.55. The summed E-state index contributed by atoms with van der Waals surface area (Å²) in [5.41, 5.74) is 0. The fourth-order valence-electron chi connectivity index (χ4n) is 2.12. The summed E-state index contributed by atoms with van der Waals surface area (Å²) in [5.74, 6) is -1.07. The first kappa shape index (κ1) is 15.1. The highest BCUT2D eigenvalue weighted by Gasteiger charge is 2.31. The second-order valence-electron chi connectivity index (χ2n) is 4.77. The number of carbonyl (C=O) groups is 2. The van der Waals surface area contributed by atoms with Gasteiger partial charge in [0.15, 0.2) is 5.11 Å². The molecule has 2 amide bonds. The third kappa shape index (κ3) is 5.12. The predicted molar refractivity (Wildman–Crippen MR) is 75.0 cm³/mol. The SMILES string of the molecule is CCCCCCCCCC1C(=O)NC(=S)NC1=O. The summed E-state index contributed by atoms with van der Waals surface area (Å²) in [4.78, 5) is 23.1. The first-order valence-corrected chi connectivity index (χ1v) is 7.21. The van der Waals surface area contributed by atoms with Crippen molar-refractivity contribution in [3.63, 3.8) is 0 Å². The maximum atomic E-state index is 11.6. The van der Waals surface area contributed by atoms with E-state index in [0.29, 0.717) is 6.42 Å². The number of carbonyl (C=O) groups excluding carboxylic acids is 2. The van der Waals surface area contributed by atoms with Crippen molar-refractivity contribution in [2.24, 2.45) is 5.92 Å². The third-order valence-electron chi connectivity index (χ3n) is 3.20. The Bertz CT molecular complexity index is 298. The van der Waals surface area contributed by atoms with Crippen molar-refractivity contribution in [1.82, 2.24) is 10.6 Å². The summed E-state index contributed by atoms with van der Waals surface area (Å²) in [7, 11) is 0. The lowest BCUT2D eigenvalue weighted by atomic mass is 9.97. The third-order valence-corrected chi connectivity index (χ3v) is 3.41. The summed E-state index contributed by atoms with van der Waals surface area (Å²) >= 11 is 4.74. The monoisotopic (exact) mass is 270 g/mol. The van der Waals surface area contributed by atoms with Gasteiger partial charge in [0, 0.05) is 0 Å². The molecule has 0 saturated carbocycles. The molecule has 0 atom stereocenters.